The van der Waals surface area contributed by atoms with Crippen molar-refractivity contribution in [3.63, 3.8) is 0 Å². The standard InChI is InChI=1S/C15H13N3O2.CH5N3S/c1-18-9-10(8-16-18)14-7-12(15(19)20-2)11-5-3-4-6-13(11)17-14;2-1(5)4-3/h3-9H,1-2H3;3H2,(H3,2,4,5). The van der Waals surface area contributed by atoms with Gasteiger partial charge in [0.15, 0.2) is 5.11 Å². The number of pyridine rings is 1. The molecule has 2 heterocycles. The van der Waals surface area contributed by atoms with E-state index >= 15 is 0 Å². The van der Waals surface area contributed by atoms with E-state index < -0.39 is 0 Å². The highest BCUT2D eigenvalue weighted by Gasteiger charge is 2.14. The van der Waals surface area contributed by atoms with Gasteiger partial charge in [-0.25, -0.2) is 15.6 Å². The number of benzene rings is 1. The quantitative estimate of drug-likeness (QED) is 0.270. The van der Waals surface area contributed by atoms with Gasteiger partial charge in [0, 0.05) is 24.2 Å². The number of nitrogens with two attached hydrogens (primary N) is 2. The molecule has 0 saturated heterocycles. The highest BCUT2D eigenvalue weighted by atomic mass is 32.1. The van der Waals surface area contributed by atoms with Gasteiger partial charge in [-0.15, -0.1) is 0 Å². The summed E-state index contributed by atoms with van der Waals surface area (Å²) in [5, 5.41) is 5.03. The van der Waals surface area contributed by atoms with E-state index in [0.717, 1.165) is 16.5 Å². The molecule has 3 aromatic rings. The van der Waals surface area contributed by atoms with E-state index in [4.69, 9.17) is 10.5 Å². The SMILES string of the molecule is COC(=O)c1cc(-c2cnn(C)c2)nc2ccccc12.NNC(N)=S. The number of ether oxygens (including phenoxy) is 1. The van der Waals surface area contributed by atoms with Crippen molar-refractivity contribution in [1.82, 2.24) is 20.2 Å². The Morgan fingerprint density at radius 3 is 2.60 bits per heavy atom. The Kier molecular flexibility index (Phi) is 5.98. The van der Waals surface area contributed by atoms with Crippen LogP contribution in [0.3, 0.4) is 0 Å². The molecule has 0 amide bonds. The number of nitrogens with one attached hydrogen (secondary N) is 1. The summed E-state index contributed by atoms with van der Waals surface area (Å²) in [4.78, 5) is 16.5. The number of hydrazine groups is 1. The number of fused-ring (bicyclic) bond motifs is 1. The Morgan fingerprint density at radius 1 is 1.36 bits per heavy atom. The summed E-state index contributed by atoms with van der Waals surface area (Å²) in [5.74, 6) is 4.29. The molecule has 0 atom stereocenters. The maximum absolute atomic E-state index is 11.9. The summed E-state index contributed by atoms with van der Waals surface area (Å²) in [6.07, 6.45) is 3.58. The molecule has 8 nitrogen and oxygen atoms in total. The van der Waals surface area contributed by atoms with Crippen LogP contribution >= 0.6 is 12.2 Å². The predicted octanol–water partition coefficient (Wildman–Crippen LogP) is 1.12. The number of para-hydroxylation sites is 1. The van der Waals surface area contributed by atoms with Crippen LogP contribution in [0, 0.1) is 0 Å². The maximum Gasteiger partial charge on any atom is 0.338 e. The predicted molar refractivity (Wildman–Crippen MR) is 99.4 cm³/mol. The van der Waals surface area contributed by atoms with E-state index in [1.54, 1.807) is 16.9 Å². The van der Waals surface area contributed by atoms with Gasteiger partial charge < -0.3 is 15.9 Å². The summed E-state index contributed by atoms with van der Waals surface area (Å²) in [6, 6.07) is 9.25. The summed E-state index contributed by atoms with van der Waals surface area (Å²) in [7, 11) is 3.22. The fraction of sp³-hybridized carbons (Fsp3) is 0.125. The van der Waals surface area contributed by atoms with Crippen molar-refractivity contribution < 1.29 is 9.53 Å². The number of thiocarbonyl (C=S) groups is 1. The Bertz CT molecular complexity index is 909. The van der Waals surface area contributed by atoms with Gasteiger partial charge in [-0.2, -0.15) is 5.10 Å². The number of aryl methyl sites for hydroxylation is 1. The minimum Gasteiger partial charge on any atom is -0.465 e. The van der Waals surface area contributed by atoms with Gasteiger partial charge in [-0.05, 0) is 24.4 Å². The molecule has 25 heavy (non-hydrogen) atoms. The number of hydrogen-bond acceptors (Lipinski definition) is 6. The van der Waals surface area contributed by atoms with Crippen molar-refractivity contribution in [1.29, 1.82) is 0 Å². The minimum atomic E-state index is -0.367. The number of methoxy groups -OCH3 is 1. The van der Waals surface area contributed by atoms with Crippen LogP contribution in [0.25, 0.3) is 22.2 Å². The molecule has 0 aliphatic heterocycles. The van der Waals surface area contributed by atoms with Crippen LogP contribution in [0.15, 0.2) is 42.7 Å². The van der Waals surface area contributed by atoms with Crippen LogP contribution in [0.4, 0.5) is 0 Å². The first-order chi connectivity index (χ1) is 12.0. The lowest BCUT2D eigenvalue weighted by Crippen LogP contribution is -2.34. The average Bonchev–Trinajstić information content (AvgIpc) is 3.07. The Morgan fingerprint density at radius 2 is 2.04 bits per heavy atom. The summed E-state index contributed by atoms with van der Waals surface area (Å²) < 4.78 is 6.55. The smallest absolute Gasteiger partial charge is 0.338 e. The number of carbonyl (C=O) groups excluding carboxylic acids is 1. The Hall–Kier alpha value is -3.04. The zero-order valence-electron chi connectivity index (χ0n) is 13.8. The van der Waals surface area contributed by atoms with Crippen molar-refractivity contribution in [2.24, 2.45) is 18.6 Å². The van der Waals surface area contributed by atoms with Gasteiger partial charge in [0.05, 0.1) is 30.1 Å². The molecule has 0 bridgehead atoms. The van der Waals surface area contributed by atoms with Crippen LogP contribution in [-0.4, -0.2) is 33.0 Å². The fourth-order valence-electron chi connectivity index (χ4n) is 2.16. The lowest BCUT2D eigenvalue weighted by molar-refractivity contribution is 0.0603. The van der Waals surface area contributed by atoms with Crippen LogP contribution in [-0.2, 0) is 11.8 Å². The number of hydrogen-bond donors (Lipinski definition) is 3. The van der Waals surface area contributed by atoms with Crippen molar-refractivity contribution in [3.8, 4) is 11.3 Å². The Balaban J connectivity index is 0.000000399. The molecule has 0 unspecified atom stereocenters. The number of aromatic nitrogens is 3. The molecular weight excluding hydrogens is 340 g/mol. The van der Waals surface area contributed by atoms with Gasteiger partial charge in [-0.3, -0.25) is 4.68 Å². The van der Waals surface area contributed by atoms with Crippen molar-refractivity contribution in [2.75, 3.05) is 7.11 Å². The molecule has 2 aromatic heterocycles. The Labute approximate surface area is 149 Å². The molecule has 0 radical (unpaired) electrons. The zero-order valence-corrected chi connectivity index (χ0v) is 14.6. The van der Waals surface area contributed by atoms with E-state index in [0.29, 0.717) is 11.3 Å². The molecule has 3 rings (SSSR count). The number of rotatable bonds is 2. The van der Waals surface area contributed by atoms with Crippen LogP contribution in [0.1, 0.15) is 10.4 Å². The highest BCUT2D eigenvalue weighted by molar-refractivity contribution is 7.80. The minimum absolute atomic E-state index is 0.116. The molecule has 5 N–H and O–H groups in total. The van der Waals surface area contributed by atoms with E-state index in [9.17, 15) is 4.79 Å². The third-order valence-electron chi connectivity index (χ3n) is 3.26. The molecule has 0 fully saturated rings. The average molecular weight is 358 g/mol. The summed E-state index contributed by atoms with van der Waals surface area (Å²) in [6.45, 7) is 0. The summed E-state index contributed by atoms with van der Waals surface area (Å²) >= 11 is 4.24. The van der Waals surface area contributed by atoms with Crippen molar-refractivity contribution in [2.45, 2.75) is 0 Å². The molecule has 130 valence electrons. The molecular formula is C16H18N6O2S. The van der Waals surface area contributed by atoms with Crippen molar-refractivity contribution >= 4 is 34.2 Å². The second-order valence-electron chi connectivity index (χ2n) is 4.98. The van der Waals surface area contributed by atoms with Gasteiger partial charge in [0.25, 0.3) is 0 Å². The number of carbonyl (C=O) groups is 1. The van der Waals surface area contributed by atoms with Crippen LogP contribution in [0.5, 0.6) is 0 Å². The third kappa shape index (κ3) is 4.49. The molecule has 0 aliphatic carbocycles. The van der Waals surface area contributed by atoms with Gasteiger partial charge in [-0.1, -0.05) is 18.2 Å². The maximum atomic E-state index is 11.9. The molecule has 0 aliphatic rings. The fourth-order valence-corrected chi connectivity index (χ4v) is 2.16. The van der Waals surface area contributed by atoms with Gasteiger partial charge >= 0.3 is 5.97 Å². The number of esters is 1. The first-order valence-electron chi connectivity index (χ1n) is 7.19. The van der Waals surface area contributed by atoms with E-state index in [-0.39, 0.29) is 11.1 Å². The van der Waals surface area contributed by atoms with Crippen LogP contribution < -0.4 is 17.0 Å². The van der Waals surface area contributed by atoms with Crippen molar-refractivity contribution in [3.05, 3.63) is 48.3 Å². The van der Waals surface area contributed by atoms with E-state index in [1.807, 2.05) is 42.9 Å². The second-order valence-corrected chi connectivity index (χ2v) is 5.41. The van der Waals surface area contributed by atoms with E-state index in [1.165, 1.54) is 7.11 Å². The normalized spacial score (nSPS) is 9.88. The lowest BCUT2D eigenvalue weighted by Gasteiger charge is -2.07. The van der Waals surface area contributed by atoms with Crippen LogP contribution in [0.2, 0.25) is 0 Å². The molecule has 9 heteroatoms. The molecule has 0 saturated carbocycles. The monoisotopic (exact) mass is 358 g/mol. The first-order valence-corrected chi connectivity index (χ1v) is 7.60. The third-order valence-corrected chi connectivity index (χ3v) is 3.38. The largest absolute Gasteiger partial charge is 0.465 e. The lowest BCUT2D eigenvalue weighted by atomic mass is 10.1. The van der Waals surface area contributed by atoms with Gasteiger partial charge in [0.1, 0.15) is 0 Å². The zero-order chi connectivity index (χ0) is 18.4. The number of nitrogens with zero attached hydrogens (tertiary/aromatic N) is 3. The van der Waals surface area contributed by atoms with E-state index in [2.05, 4.69) is 28.1 Å². The first kappa shape index (κ1) is 18.3. The topological polar surface area (TPSA) is 121 Å². The molecule has 1 aromatic carbocycles. The highest BCUT2D eigenvalue weighted by Crippen LogP contribution is 2.24. The summed E-state index contributed by atoms with van der Waals surface area (Å²) in [5.41, 5.74) is 9.66. The van der Waals surface area contributed by atoms with Gasteiger partial charge in [0.2, 0.25) is 0 Å². The second kappa shape index (κ2) is 8.18. The molecule has 0 spiro atoms.